The molecule has 102 valence electrons. The average molecular weight is 325 g/mol. The zero-order valence-electron chi connectivity index (χ0n) is 10.7. The zero-order valence-corrected chi connectivity index (χ0v) is 12.3. The number of anilines is 1. The molecule has 6 heteroatoms. The smallest absolute Gasteiger partial charge is 0.243 e. The lowest BCUT2D eigenvalue weighted by Crippen LogP contribution is -2.42. The van der Waals surface area contributed by atoms with Crippen molar-refractivity contribution in [3.8, 4) is 0 Å². The van der Waals surface area contributed by atoms with Gasteiger partial charge in [-0.05, 0) is 31.0 Å². The van der Waals surface area contributed by atoms with Gasteiger partial charge in [0.25, 0.3) is 0 Å². The normalized spacial score (nSPS) is 14.9. The minimum Gasteiger partial charge on any atom is -0.354 e. The molecule has 1 aliphatic rings. The second-order valence-electron chi connectivity index (χ2n) is 4.40. The number of guanidine groups is 1. The van der Waals surface area contributed by atoms with Crippen LogP contribution in [0.15, 0.2) is 33.7 Å². The van der Waals surface area contributed by atoms with Crippen LogP contribution in [0.5, 0.6) is 0 Å². The van der Waals surface area contributed by atoms with E-state index in [0.717, 1.165) is 10.2 Å². The van der Waals surface area contributed by atoms with Crippen LogP contribution < -0.4 is 16.0 Å². The highest BCUT2D eigenvalue weighted by Crippen LogP contribution is 2.18. The Morgan fingerprint density at radius 1 is 1.47 bits per heavy atom. The molecule has 0 saturated heterocycles. The van der Waals surface area contributed by atoms with Gasteiger partial charge < -0.3 is 16.0 Å². The molecule has 0 aromatic heterocycles. The fourth-order valence-electron chi connectivity index (χ4n) is 1.55. The lowest BCUT2D eigenvalue weighted by atomic mass is 10.3. The molecular formula is C13H17BrN4O. The van der Waals surface area contributed by atoms with Crippen molar-refractivity contribution in [3.63, 3.8) is 0 Å². The van der Waals surface area contributed by atoms with Gasteiger partial charge in [-0.3, -0.25) is 9.79 Å². The van der Waals surface area contributed by atoms with Crippen molar-refractivity contribution < 1.29 is 4.79 Å². The first kappa shape index (κ1) is 13.9. The van der Waals surface area contributed by atoms with E-state index in [1.54, 1.807) is 7.05 Å². The molecule has 1 aromatic rings. The summed E-state index contributed by atoms with van der Waals surface area (Å²) >= 11 is 3.36. The minimum absolute atomic E-state index is 0.100. The monoisotopic (exact) mass is 324 g/mol. The minimum atomic E-state index is -0.100. The largest absolute Gasteiger partial charge is 0.354 e. The summed E-state index contributed by atoms with van der Waals surface area (Å²) in [5, 5.41) is 9.03. The molecule has 1 aliphatic carbocycles. The van der Waals surface area contributed by atoms with E-state index in [4.69, 9.17) is 0 Å². The van der Waals surface area contributed by atoms with Gasteiger partial charge in [0.2, 0.25) is 5.91 Å². The zero-order chi connectivity index (χ0) is 13.7. The maximum atomic E-state index is 11.8. The van der Waals surface area contributed by atoms with Crippen molar-refractivity contribution in [1.29, 1.82) is 0 Å². The van der Waals surface area contributed by atoms with E-state index in [1.807, 2.05) is 24.3 Å². The molecule has 19 heavy (non-hydrogen) atoms. The Kier molecular flexibility index (Phi) is 4.79. The Morgan fingerprint density at radius 3 is 2.89 bits per heavy atom. The molecule has 0 atom stereocenters. The highest BCUT2D eigenvalue weighted by atomic mass is 79.9. The molecule has 1 saturated carbocycles. The van der Waals surface area contributed by atoms with Crippen LogP contribution in [0.4, 0.5) is 5.69 Å². The number of aliphatic imine (C=N–C) groups is 1. The van der Waals surface area contributed by atoms with Crippen molar-refractivity contribution >= 4 is 33.5 Å². The number of carbonyl (C=O) groups is 1. The summed E-state index contributed by atoms with van der Waals surface area (Å²) in [5.74, 6) is 0.573. The molecular weight excluding hydrogens is 308 g/mol. The molecule has 0 radical (unpaired) electrons. The van der Waals surface area contributed by atoms with Gasteiger partial charge in [0, 0.05) is 23.2 Å². The van der Waals surface area contributed by atoms with Crippen molar-refractivity contribution in [2.45, 2.75) is 18.9 Å². The third kappa shape index (κ3) is 4.90. The maximum Gasteiger partial charge on any atom is 0.243 e. The second kappa shape index (κ2) is 6.56. The van der Waals surface area contributed by atoms with Crippen LogP contribution in [0.1, 0.15) is 12.8 Å². The third-order valence-electron chi connectivity index (χ3n) is 2.67. The number of carbonyl (C=O) groups excluding carboxylic acids is 1. The fourth-order valence-corrected chi connectivity index (χ4v) is 1.95. The fraction of sp³-hybridized carbons (Fsp3) is 0.385. The lowest BCUT2D eigenvalue weighted by molar-refractivity contribution is -0.115. The Balaban J connectivity index is 1.77. The second-order valence-corrected chi connectivity index (χ2v) is 5.32. The van der Waals surface area contributed by atoms with Crippen LogP contribution in [0.3, 0.4) is 0 Å². The molecule has 1 amide bonds. The van der Waals surface area contributed by atoms with E-state index < -0.39 is 0 Å². The molecule has 5 nitrogen and oxygen atoms in total. The summed E-state index contributed by atoms with van der Waals surface area (Å²) in [6, 6.07) is 8.00. The summed E-state index contributed by atoms with van der Waals surface area (Å²) in [4.78, 5) is 15.8. The topological polar surface area (TPSA) is 65.5 Å². The number of nitrogens with zero attached hydrogens (tertiary/aromatic N) is 1. The number of amides is 1. The van der Waals surface area contributed by atoms with E-state index in [9.17, 15) is 4.79 Å². The lowest BCUT2D eigenvalue weighted by Gasteiger charge is -2.11. The highest BCUT2D eigenvalue weighted by molar-refractivity contribution is 9.10. The number of rotatable bonds is 4. The van der Waals surface area contributed by atoms with Gasteiger partial charge in [0.05, 0.1) is 6.54 Å². The molecule has 0 heterocycles. The van der Waals surface area contributed by atoms with E-state index in [1.165, 1.54) is 12.8 Å². The molecule has 0 aliphatic heterocycles. The van der Waals surface area contributed by atoms with Crippen molar-refractivity contribution in [3.05, 3.63) is 28.7 Å². The Hall–Kier alpha value is -1.56. The molecule has 3 N–H and O–H groups in total. The van der Waals surface area contributed by atoms with Crippen LogP contribution in [0.25, 0.3) is 0 Å². The van der Waals surface area contributed by atoms with Crippen LogP contribution in [0.2, 0.25) is 0 Å². The van der Waals surface area contributed by atoms with E-state index in [2.05, 4.69) is 36.9 Å². The van der Waals surface area contributed by atoms with Crippen LogP contribution in [0, 0.1) is 0 Å². The molecule has 1 aromatic carbocycles. The van der Waals surface area contributed by atoms with E-state index in [-0.39, 0.29) is 12.5 Å². The van der Waals surface area contributed by atoms with Gasteiger partial charge in [-0.2, -0.15) is 0 Å². The molecule has 2 rings (SSSR count). The molecule has 0 unspecified atom stereocenters. The Morgan fingerprint density at radius 2 is 2.26 bits per heavy atom. The molecule has 1 fully saturated rings. The van der Waals surface area contributed by atoms with E-state index >= 15 is 0 Å². The quantitative estimate of drug-likeness (QED) is 0.583. The number of benzene rings is 1. The highest BCUT2D eigenvalue weighted by Gasteiger charge is 2.22. The summed E-state index contributed by atoms with van der Waals surface area (Å²) in [7, 11) is 1.70. The predicted molar refractivity (Wildman–Crippen MR) is 80.3 cm³/mol. The average Bonchev–Trinajstić information content (AvgIpc) is 3.18. The number of hydrogen-bond acceptors (Lipinski definition) is 2. The Labute approximate surface area is 121 Å². The summed E-state index contributed by atoms with van der Waals surface area (Å²) < 4.78 is 0.935. The van der Waals surface area contributed by atoms with Crippen LogP contribution in [-0.4, -0.2) is 31.5 Å². The van der Waals surface area contributed by atoms with Gasteiger partial charge in [-0.25, -0.2) is 0 Å². The third-order valence-corrected chi connectivity index (χ3v) is 3.16. The van der Waals surface area contributed by atoms with Gasteiger partial charge in [0.15, 0.2) is 5.96 Å². The first-order chi connectivity index (χ1) is 9.17. The molecule has 0 bridgehead atoms. The number of nitrogens with one attached hydrogen (secondary N) is 3. The summed E-state index contributed by atoms with van der Waals surface area (Å²) in [5.41, 5.74) is 0.770. The van der Waals surface area contributed by atoms with Crippen molar-refractivity contribution in [2.24, 2.45) is 4.99 Å². The first-order valence-corrected chi connectivity index (χ1v) is 6.99. The first-order valence-electron chi connectivity index (χ1n) is 6.20. The summed E-state index contributed by atoms with van der Waals surface area (Å²) in [6.07, 6.45) is 2.34. The number of hydrogen-bond donors (Lipinski definition) is 3. The summed E-state index contributed by atoms with van der Waals surface area (Å²) in [6.45, 7) is 0.193. The SMILES string of the molecule is CN=C(NCC(=O)Nc1cccc(Br)c1)NC1CC1. The van der Waals surface area contributed by atoms with Gasteiger partial charge in [-0.15, -0.1) is 0 Å². The van der Waals surface area contributed by atoms with Crippen molar-refractivity contribution in [1.82, 2.24) is 10.6 Å². The van der Waals surface area contributed by atoms with Gasteiger partial charge in [0.1, 0.15) is 0 Å². The van der Waals surface area contributed by atoms with E-state index in [0.29, 0.717) is 12.0 Å². The van der Waals surface area contributed by atoms with Crippen LogP contribution in [-0.2, 0) is 4.79 Å². The standard InChI is InChI=1S/C13H17BrN4O/c1-15-13(18-10-5-6-10)16-8-12(19)17-11-4-2-3-9(14)7-11/h2-4,7,10H,5-6,8H2,1H3,(H,17,19)(H2,15,16,18). The van der Waals surface area contributed by atoms with Crippen LogP contribution >= 0.6 is 15.9 Å². The van der Waals surface area contributed by atoms with Gasteiger partial charge >= 0.3 is 0 Å². The van der Waals surface area contributed by atoms with Gasteiger partial charge in [-0.1, -0.05) is 22.0 Å². The number of halogens is 1. The van der Waals surface area contributed by atoms with Crippen molar-refractivity contribution in [2.75, 3.05) is 18.9 Å². The molecule has 0 spiro atoms. The predicted octanol–water partition coefficient (Wildman–Crippen LogP) is 1.71. The maximum absolute atomic E-state index is 11.8. The Bertz CT molecular complexity index is 485.